The molecule has 18 heavy (non-hydrogen) atoms. The minimum Gasteiger partial charge on any atom is -0.303 e. The Morgan fingerprint density at radius 3 is 1.83 bits per heavy atom. The van der Waals surface area contributed by atoms with Crippen LogP contribution >= 0.6 is 0 Å². The molecule has 0 aromatic rings. The van der Waals surface area contributed by atoms with Crippen molar-refractivity contribution in [1.29, 1.82) is 0 Å². The Labute approximate surface area is 115 Å². The molecule has 0 amide bonds. The van der Waals surface area contributed by atoms with Gasteiger partial charge < -0.3 is 4.79 Å². The molecule has 1 heteroatoms. The molecule has 0 radical (unpaired) electrons. The van der Waals surface area contributed by atoms with Gasteiger partial charge in [-0.25, -0.2) is 0 Å². The second-order valence-corrected chi connectivity index (χ2v) is 5.69. The summed E-state index contributed by atoms with van der Waals surface area (Å²) < 4.78 is 0. The smallest absolute Gasteiger partial charge is 0.120 e. The van der Waals surface area contributed by atoms with E-state index in [9.17, 15) is 4.79 Å². The fourth-order valence-electron chi connectivity index (χ4n) is 3.05. The number of aldehydes is 1. The molecule has 1 rings (SSSR count). The Bertz CT molecular complexity index is 172. The summed E-state index contributed by atoms with van der Waals surface area (Å²) in [6.07, 6.45) is 15.4. The number of unbranched alkanes of at least 4 members (excludes halogenated alkanes) is 2. The first kappa shape index (κ1) is 17.7. The van der Waals surface area contributed by atoms with Crippen LogP contribution in [0.25, 0.3) is 0 Å². The van der Waals surface area contributed by atoms with Crippen molar-refractivity contribution in [1.82, 2.24) is 0 Å². The van der Waals surface area contributed by atoms with Crippen molar-refractivity contribution >= 4 is 6.29 Å². The van der Waals surface area contributed by atoms with E-state index >= 15 is 0 Å². The molecule has 0 aliphatic heterocycles. The van der Waals surface area contributed by atoms with Crippen molar-refractivity contribution in [3.05, 3.63) is 0 Å². The van der Waals surface area contributed by atoms with Crippen LogP contribution in [0.15, 0.2) is 0 Å². The Morgan fingerprint density at radius 1 is 0.889 bits per heavy atom. The number of carbonyl (C=O) groups is 1. The highest BCUT2D eigenvalue weighted by molar-refractivity contribution is 5.49. The molecule has 0 heterocycles. The van der Waals surface area contributed by atoms with E-state index in [1.807, 2.05) is 0 Å². The molecule has 0 N–H and O–H groups in total. The van der Waals surface area contributed by atoms with Crippen LogP contribution in [-0.2, 0) is 4.79 Å². The zero-order chi connectivity index (χ0) is 13.6. The fraction of sp³-hybridized carbons (Fsp3) is 0.941. The van der Waals surface area contributed by atoms with Gasteiger partial charge in [-0.1, -0.05) is 78.6 Å². The molecule has 1 aliphatic carbocycles. The van der Waals surface area contributed by atoms with Gasteiger partial charge in [0.1, 0.15) is 6.29 Å². The van der Waals surface area contributed by atoms with Crippen LogP contribution in [0.3, 0.4) is 0 Å². The van der Waals surface area contributed by atoms with Crippen LogP contribution in [0.1, 0.15) is 91.4 Å². The number of hydrogen-bond donors (Lipinski definition) is 0. The molecule has 1 fully saturated rings. The molecular weight excluding hydrogens is 220 g/mol. The summed E-state index contributed by atoms with van der Waals surface area (Å²) >= 11 is 0. The van der Waals surface area contributed by atoms with E-state index < -0.39 is 0 Å². The van der Waals surface area contributed by atoms with Gasteiger partial charge in [-0.2, -0.15) is 0 Å². The highest BCUT2D eigenvalue weighted by atomic mass is 16.1. The first-order valence-electron chi connectivity index (χ1n) is 8.23. The van der Waals surface area contributed by atoms with Crippen molar-refractivity contribution in [3.8, 4) is 0 Å². The Hall–Kier alpha value is -0.330. The van der Waals surface area contributed by atoms with E-state index in [2.05, 4.69) is 20.8 Å². The average Bonchev–Trinajstić information content (AvgIpc) is 2.40. The minimum absolute atomic E-state index is 0.783. The third kappa shape index (κ3) is 8.72. The van der Waals surface area contributed by atoms with Crippen molar-refractivity contribution < 1.29 is 4.79 Å². The van der Waals surface area contributed by atoms with Crippen molar-refractivity contribution in [3.63, 3.8) is 0 Å². The van der Waals surface area contributed by atoms with Crippen molar-refractivity contribution in [2.24, 2.45) is 11.8 Å². The number of rotatable bonds is 7. The van der Waals surface area contributed by atoms with Gasteiger partial charge in [-0.15, -0.1) is 0 Å². The Morgan fingerprint density at radius 2 is 1.44 bits per heavy atom. The summed E-state index contributed by atoms with van der Waals surface area (Å²) in [5, 5.41) is 0. The number of hydrogen-bond acceptors (Lipinski definition) is 1. The van der Waals surface area contributed by atoms with Crippen molar-refractivity contribution in [2.75, 3.05) is 0 Å². The van der Waals surface area contributed by atoms with Gasteiger partial charge >= 0.3 is 0 Å². The minimum atomic E-state index is 0.783. The lowest BCUT2D eigenvalue weighted by molar-refractivity contribution is -0.108. The maximum absolute atomic E-state index is 10.3. The second kappa shape index (κ2) is 13.1. The number of carbonyl (C=O) groups excluding carboxylic acids is 1. The molecule has 1 saturated carbocycles. The molecule has 0 bridgehead atoms. The third-order valence-corrected chi connectivity index (χ3v) is 4.09. The van der Waals surface area contributed by atoms with Gasteiger partial charge in [0, 0.05) is 6.42 Å². The first-order valence-corrected chi connectivity index (χ1v) is 8.23. The van der Waals surface area contributed by atoms with Crippen molar-refractivity contribution in [2.45, 2.75) is 91.4 Å². The summed E-state index contributed by atoms with van der Waals surface area (Å²) in [6.45, 7) is 6.69. The normalized spacial score (nSPS) is 23.1. The predicted octanol–water partition coefficient (Wildman–Crippen LogP) is 5.77. The largest absolute Gasteiger partial charge is 0.303 e. The van der Waals surface area contributed by atoms with Gasteiger partial charge in [0.05, 0.1) is 0 Å². The van der Waals surface area contributed by atoms with E-state index in [1.54, 1.807) is 0 Å². The maximum Gasteiger partial charge on any atom is 0.120 e. The fourth-order valence-corrected chi connectivity index (χ4v) is 3.05. The van der Waals surface area contributed by atoms with Crippen LogP contribution in [0.4, 0.5) is 0 Å². The van der Waals surface area contributed by atoms with Crippen LogP contribution in [0, 0.1) is 11.8 Å². The van der Waals surface area contributed by atoms with E-state index in [0.717, 1.165) is 31.0 Å². The molecule has 0 aromatic heterocycles. The first-order chi connectivity index (χ1) is 8.79. The van der Waals surface area contributed by atoms with Gasteiger partial charge in [-0.3, -0.25) is 0 Å². The maximum atomic E-state index is 10.3. The standard InChI is InChI=1S/C12H22O.C5H12/c1-2-6-11-7-3-4-8-12(11)9-5-10-13;1-3-5-4-2/h10-12H,2-9H2,1H3;3-5H2,1-2H3. The third-order valence-electron chi connectivity index (χ3n) is 4.09. The molecule has 0 aromatic carbocycles. The zero-order valence-electron chi connectivity index (χ0n) is 12.9. The predicted molar refractivity (Wildman–Crippen MR) is 80.9 cm³/mol. The summed E-state index contributed by atoms with van der Waals surface area (Å²) in [7, 11) is 0. The van der Waals surface area contributed by atoms with E-state index in [0.29, 0.717) is 0 Å². The van der Waals surface area contributed by atoms with Gasteiger partial charge in [-0.05, 0) is 18.3 Å². The van der Waals surface area contributed by atoms with E-state index in [-0.39, 0.29) is 0 Å². The van der Waals surface area contributed by atoms with Gasteiger partial charge in [0.15, 0.2) is 0 Å². The Balaban J connectivity index is 0.000000494. The SMILES string of the molecule is CCCC1CCCCC1CCC=O.CCCCC. The molecule has 1 aliphatic rings. The Kier molecular flexibility index (Phi) is 12.9. The average molecular weight is 254 g/mol. The van der Waals surface area contributed by atoms with E-state index in [1.165, 1.54) is 57.8 Å². The monoisotopic (exact) mass is 254 g/mol. The lowest BCUT2D eigenvalue weighted by Crippen LogP contribution is -2.19. The zero-order valence-corrected chi connectivity index (χ0v) is 12.9. The lowest BCUT2D eigenvalue weighted by Gasteiger charge is -2.31. The summed E-state index contributed by atoms with van der Waals surface area (Å²) in [5.41, 5.74) is 0. The lowest BCUT2D eigenvalue weighted by atomic mass is 9.75. The highest BCUT2D eigenvalue weighted by Gasteiger charge is 2.23. The summed E-state index contributed by atoms with van der Waals surface area (Å²) in [4.78, 5) is 10.3. The molecule has 108 valence electrons. The molecule has 0 saturated heterocycles. The van der Waals surface area contributed by atoms with Gasteiger partial charge in [0.25, 0.3) is 0 Å². The van der Waals surface area contributed by atoms with E-state index in [4.69, 9.17) is 0 Å². The topological polar surface area (TPSA) is 17.1 Å². The molecular formula is C17H34O. The van der Waals surface area contributed by atoms with Crippen LogP contribution in [-0.4, -0.2) is 6.29 Å². The molecule has 2 atom stereocenters. The molecule has 0 spiro atoms. The molecule has 2 unspecified atom stereocenters. The quantitative estimate of drug-likeness (QED) is 0.527. The van der Waals surface area contributed by atoms with Crippen LogP contribution in [0.2, 0.25) is 0 Å². The van der Waals surface area contributed by atoms with Crippen LogP contribution in [0.5, 0.6) is 0 Å². The highest BCUT2D eigenvalue weighted by Crippen LogP contribution is 2.35. The van der Waals surface area contributed by atoms with Crippen LogP contribution < -0.4 is 0 Å². The molecule has 1 nitrogen and oxygen atoms in total. The summed E-state index contributed by atoms with van der Waals surface area (Å²) in [6, 6.07) is 0. The van der Waals surface area contributed by atoms with Gasteiger partial charge in [0.2, 0.25) is 0 Å². The summed E-state index contributed by atoms with van der Waals surface area (Å²) in [5.74, 6) is 1.79. The second-order valence-electron chi connectivity index (χ2n) is 5.69.